The molecule has 2 aliphatic heterocycles. The summed E-state index contributed by atoms with van der Waals surface area (Å²) in [5, 5.41) is 10.5. The molecule has 2 aromatic carbocycles. The quantitative estimate of drug-likeness (QED) is 0.354. The molecule has 36 heavy (non-hydrogen) atoms. The molecule has 2 aliphatic rings. The Morgan fingerprint density at radius 2 is 1.81 bits per heavy atom. The topological polar surface area (TPSA) is 87.2 Å². The summed E-state index contributed by atoms with van der Waals surface area (Å²) >= 11 is 6.38. The molecule has 6 bridgehead atoms. The maximum absolute atomic E-state index is 6.38. The number of hydrogen-bond donors (Lipinski definition) is 3. The van der Waals surface area contributed by atoms with E-state index in [1.165, 1.54) is 0 Å². The number of hydrogen-bond acceptors (Lipinski definition) is 8. The third-order valence-electron chi connectivity index (χ3n) is 6.27. The van der Waals surface area contributed by atoms with Crippen LogP contribution in [0.1, 0.15) is 5.56 Å². The summed E-state index contributed by atoms with van der Waals surface area (Å²) in [6, 6.07) is 18.4. The maximum Gasteiger partial charge on any atom is 0.229 e. The van der Waals surface area contributed by atoms with Crippen LogP contribution in [0.25, 0.3) is 11.1 Å². The van der Waals surface area contributed by atoms with Crippen LogP contribution in [0.4, 0.5) is 29.0 Å². The molecule has 0 saturated carbocycles. The van der Waals surface area contributed by atoms with Crippen molar-refractivity contribution in [1.29, 1.82) is 0 Å². The van der Waals surface area contributed by atoms with Crippen molar-refractivity contribution in [2.75, 3.05) is 48.3 Å². The summed E-state index contributed by atoms with van der Waals surface area (Å²) in [5.41, 5.74) is 5.09. The van der Waals surface area contributed by atoms with E-state index in [-0.39, 0.29) is 0 Å². The van der Waals surface area contributed by atoms with Gasteiger partial charge in [-0.3, -0.25) is 0 Å². The van der Waals surface area contributed by atoms with E-state index in [1.807, 2.05) is 30.5 Å². The van der Waals surface area contributed by atoms with E-state index in [0.717, 1.165) is 72.2 Å². The number of pyridine rings is 1. The molecule has 3 N–H and O–H groups in total. The lowest BCUT2D eigenvalue weighted by atomic mass is 10.0. The number of piperazine rings is 1. The minimum Gasteiger partial charge on any atom is -0.493 e. The van der Waals surface area contributed by atoms with Crippen molar-refractivity contribution >= 4 is 40.6 Å². The second-order valence-corrected chi connectivity index (χ2v) is 9.23. The maximum atomic E-state index is 6.38. The Kier molecular flexibility index (Phi) is 6.27. The molecule has 6 rings (SSSR count). The lowest BCUT2D eigenvalue weighted by Crippen LogP contribution is -2.43. The van der Waals surface area contributed by atoms with Crippen LogP contribution in [0.5, 0.6) is 5.75 Å². The zero-order chi connectivity index (χ0) is 24.3. The number of aromatic nitrogens is 3. The molecule has 0 radical (unpaired) electrons. The second-order valence-electron chi connectivity index (χ2n) is 8.82. The second kappa shape index (κ2) is 10.0. The van der Waals surface area contributed by atoms with Crippen LogP contribution in [-0.4, -0.2) is 47.7 Å². The Morgan fingerprint density at radius 1 is 0.889 bits per heavy atom. The van der Waals surface area contributed by atoms with Crippen molar-refractivity contribution in [3.05, 3.63) is 77.6 Å². The van der Waals surface area contributed by atoms with Crippen LogP contribution >= 0.6 is 11.6 Å². The van der Waals surface area contributed by atoms with Crippen molar-refractivity contribution in [3.63, 3.8) is 0 Å². The number of benzene rings is 2. The molecule has 0 aliphatic carbocycles. The zero-order valence-electron chi connectivity index (χ0n) is 19.7. The fourth-order valence-electron chi connectivity index (χ4n) is 4.47. The van der Waals surface area contributed by atoms with E-state index in [2.05, 4.69) is 66.1 Å². The van der Waals surface area contributed by atoms with Crippen LogP contribution < -0.4 is 25.6 Å². The van der Waals surface area contributed by atoms with Gasteiger partial charge in [0.05, 0.1) is 12.8 Å². The van der Waals surface area contributed by atoms with Crippen molar-refractivity contribution in [3.8, 4) is 16.9 Å². The van der Waals surface area contributed by atoms with E-state index in [9.17, 15) is 0 Å². The van der Waals surface area contributed by atoms with Crippen molar-refractivity contribution in [1.82, 2.24) is 20.3 Å². The molecule has 0 unspecified atom stereocenters. The van der Waals surface area contributed by atoms with Gasteiger partial charge in [-0.15, -0.1) is 0 Å². The number of nitrogens with one attached hydrogen (secondary N) is 3. The van der Waals surface area contributed by atoms with Crippen molar-refractivity contribution in [2.45, 2.75) is 6.42 Å². The largest absolute Gasteiger partial charge is 0.493 e. The molecule has 182 valence electrons. The van der Waals surface area contributed by atoms with Crippen molar-refractivity contribution < 1.29 is 4.74 Å². The van der Waals surface area contributed by atoms with Gasteiger partial charge in [-0.25, -0.2) is 9.97 Å². The Labute approximate surface area is 214 Å². The molecule has 9 heteroatoms. The first-order valence-corrected chi connectivity index (χ1v) is 12.4. The fraction of sp³-hybridized carbons (Fsp3) is 0.222. The van der Waals surface area contributed by atoms with Crippen LogP contribution in [0, 0.1) is 0 Å². The Hall–Kier alpha value is -3.88. The molecule has 1 saturated heterocycles. The summed E-state index contributed by atoms with van der Waals surface area (Å²) in [4.78, 5) is 16.0. The molecule has 4 aromatic rings. The smallest absolute Gasteiger partial charge is 0.229 e. The lowest BCUT2D eigenvalue weighted by molar-refractivity contribution is 0.322. The standard InChI is InChI=1S/C27H26ClN7O/c28-24-17-31-27-33-22-13-18(5-11-36-23-3-1-2-21(16-23)32-26(24)34-27)12-20(14-22)19-4-6-30-25(15-19)35-9-7-29-8-10-35/h1-4,6,12-17,29H,5,7-11H2,(H2,31,32,33,34). The molecule has 0 atom stereocenters. The third-order valence-corrected chi connectivity index (χ3v) is 6.55. The summed E-state index contributed by atoms with van der Waals surface area (Å²) < 4.78 is 6.07. The summed E-state index contributed by atoms with van der Waals surface area (Å²) in [5.74, 6) is 2.77. The summed E-state index contributed by atoms with van der Waals surface area (Å²) in [6.07, 6.45) is 4.23. The number of halogens is 1. The average Bonchev–Trinajstić information content (AvgIpc) is 2.91. The molecular formula is C27H26ClN7O. The molecule has 0 amide bonds. The number of ether oxygens (including phenoxy) is 1. The van der Waals surface area contributed by atoms with Gasteiger partial charge < -0.3 is 25.6 Å². The minimum absolute atomic E-state index is 0.436. The lowest BCUT2D eigenvalue weighted by Gasteiger charge is -2.28. The Morgan fingerprint density at radius 3 is 2.72 bits per heavy atom. The highest BCUT2D eigenvalue weighted by atomic mass is 35.5. The van der Waals surface area contributed by atoms with Crippen LogP contribution in [0.15, 0.2) is 67.0 Å². The molecule has 8 nitrogen and oxygen atoms in total. The van der Waals surface area contributed by atoms with E-state index in [1.54, 1.807) is 6.20 Å². The highest BCUT2D eigenvalue weighted by Crippen LogP contribution is 2.31. The van der Waals surface area contributed by atoms with Gasteiger partial charge in [-0.05, 0) is 53.1 Å². The van der Waals surface area contributed by atoms with E-state index >= 15 is 0 Å². The number of rotatable bonds is 2. The van der Waals surface area contributed by atoms with Gasteiger partial charge in [0.2, 0.25) is 5.95 Å². The van der Waals surface area contributed by atoms with E-state index < -0.39 is 0 Å². The first-order chi connectivity index (χ1) is 17.7. The summed E-state index contributed by atoms with van der Waals surface area (Å²) in [7, 11) is 0. The highest BCUT2D eigenvalue weighted by molar-refractivity contribution is 6.32. The zero-order valence-corrected chi connectivity index (χ0v) is 20.4. The third kappa shape index (κ3) is 5.05. The van der Waals surface area contributed by atoms with Gasteiger partial charge in [0, 0.05) is 56.2 Å². The van der Waals surface area contributed by atoms with Gasteiger partial charge >= 0.3 is 0 Å². The van der Waals surface area contributed by atoms with Gasteiger partial charge in [0.15, 0.2) is 5.82 Å². The van der Waals surface area contributed by atoms with Gasteiger partial charge in [0.25, 0.3) is 0 Å². The average molecular weight is 500 g/mol. The summed E-state index contributed by atoms with van der Waals surface area (Å²) in [6.45, 7) is 4.39. The predicted molar refractivity (Wildman–Crippen MR) is 144 cm³/mol. The van der Waals surface area contributed by atoms with Crippen LogP contribution in [-0.2, 0) is 6.42 Å². The Bertz CT molecular complexity index is 1390. The normalized spacial score (nSPS) is 15.2. The van der Waals surface area contributed by atoms with Crippen molar-refractivity contribution in [2.24, 2.45) is 0 Å². The number of fused-ring (bicyclic) bond motifs is 6. The minimum atomic E-state index is 0.436. The highest BCUT2D eigenvalue weighted by Gasteiger charge is 2.14. The van der Waals surface area contributed by atoms with Crippen LogP contribution in [0.3, 0.4) is 0 Å². The monoisotopic (exact) mass is 499 g/mol. The molecule has 0 spiro atoms. The predicted octanol–water partition coefficient (Wildman–Crippen LogP) is 5.02. The molecular weight excluding hydrogens is 474 g/mol. The first-order valence-electron chi connectivity index (χ1n) is 12.1. The molecule has 1 fully saturated rings. The van der Waals surface area contributed by atoms with Gasteiger partial charge in [-0.1, -0.05) is 23.7 Å². The first kappa shape index (κ1) is 22.6. The molecule has 4 heterocycles. The number of anilines is 5. The van der Waals surface area contributed by atoms with E-state index in [4.69, 9.17) is 16.3 Å². The fourth-order valence-corrected chi connectivity index (χ4v) is 4.61. The van der Waals surface area contributed by atoms with E-state index in [0.29, 0.717) is 23.4 Å². The van der Waals surface area contributed by atoms with Gasteiger partial charge in [-0.2, -0.15) is 4.98 Å². The molecule has 2 aromatic heterocycles. The number of nitrogens with zero attached hydrogens (tertiary/aromatic N) is 4. The van der Waals surface area contributed by atoms with Gasteiger partial charge in [0.1, 0.15) is 16.6 Å². The SMILES string of the molecule is Clc1cnc2nc1Nc1cccc(c1)OCCc1cc(cc(-c3ccnc(N4CCNCC4)c3)c1)N2. The Balaban J connectivity index is 1.38. The van der Waals surface area contributed by atoms with Crippen LogP contribution in [0.2, 0.25) is 5.02 Å².